The molecule has 1 fully saturated rings. The molecule has 2 atom stereocenters. The standard InChI is InChI=1S/C17H26N2O/c1-13(16(2,3)14-8-6-5-7-9-14)19-15(20)17(4)10-11-18-12-17/h5-9,13,18H,10-12H2,1-4H3,(H,19,20). The molecule has 1 saturated heterocycles. The smallest absolute Gasteiger partial charge is 0.227 e. The lowest BCUT2D eigenvalue weighted by Gasteiger charge is -2.35. The third kappa shape index (κ3) is 2.88. The van der Waals surface area contributed by atoms with E-state index in [0.29, 0.717) is 0 Å². The van der Waals surface area contributed by atoms with Crippen molar-refractivity contribution in [2.75, 3.05) is 13.1 Å². The Morgan fingerprint density at radius 1 is 1.35 bits per heavy atom. The largest absolute Gasteiger partial charge is 0.352 e. The number of carbonyl (C=O) groups is 1. The van der Waals surface area contributed by atoms with E-state index >= 15 is 0 Å². The summed E-state index contributed by atoms with van der Waals surface area (Å²) in [6.07, 6.45) is 0.914. The van der Waals surface area contributed by atoms with Gasteiger partial charge >= 0.3 is 0 Å². The number of carbonyl (C=O) groups excluding carboxylic acids is 1. The maximum Gasteiger partial charge on any atom is 0.227 e. The second-order valence-corrected chi connectivity index (χ2v) is 6.77. The first kappa shape index (κ1) is 15.0. The Bertz CT molecular complexity index is 461. The van der Waals surface area contributed by atoms with E-state index in [-0.39, 0.29) is 22.8 Å². The molecule has 0 saturated carbocycles. The summed E-state index contributed by atoms with van der Waals surface area (Å²) in [5, 5.41) is 6.50. The van der Waals surface area contributed by atoms with E-state index in [9.17, 15) is 4.79 Å². The summed E-state index contributed by atoms with van der Waals surface area (Å²) < 4.78 is 0. The van der Waals surface area contributed by atoms with Gasteiger partial charge in [0.1, 0.15) is 0 Å². The molecule has 3 heteroatoms. The molecule has 0 radical (unpaired) electrons. The zero-order valence-corrected chi connectivity index (χ0v) is 13.0. The molecule has 3 nitrogen and oxygen atoms in total. The Morgan fingerprint density at radius 3 is 2.55 bits per heavy atom. The molecular formula is C17H26N2O. The van der Waals surface area contributed by atoms with Crippen molar-refractivity contribution in [1.29, 1.82) is 0 Å². The van der Waals surface area contributed by atoms with Gasteiger partial charge in [0.2, 0.25) is 5.91 Å². The first-order valence-electron chi connectivity index (χ1n) is 7.43. The molecule has 1 amide bonds. The highest BCUT2D eigenvalue weighted by Crippen LogP contribution is 2.29. The van der Waals surface area contributed by atoms with Crippen LogP contribution in [0.2, 0.25) is 0 Å². The Labute approximate surface area is 122 Å². The molecule has 0 spiro atoms. The van der Waals surface area contributed by atoms with Gasteiger partial charge in [-0.3, -0.25) is 4.79 Å². The topological polar surface area (TPSA) is 41.1 Å². The molecule has 1 aliphatic rings. The summed E-state index contributed by atoms with van der Waals surface area (Å²) in [4.78, 5) is 12.5. The van der Waals surface area contributed by atoms with Crippen LogP contribution in [0.3, 0.4) is 0 Å². The third-order valence-electron chi connectivity index (χ3n) is 4.86. The van der Waals surface area contributed by atoms with Gasteiger partial charge in [-0.2, -0.15) is 0 Å². The van der Waals surface area contributed by atoms with E-state index < -0.39 is 0 Å². The van der Waals surface area contributed by atoms with Crippen LogP contribution in [0.5, 0.6) is 0 Å². The van der Waals surface area contributed by atoms with Crippen molar-refractivity contribution < 1.29 is 4.79 Å². The van der Waals surface area contributed by atoms with Gasteiger partial charge in [-0.15, -0.1) is 0 Å². The van der Waals surface area contributed by atoms with Crippen LogP contribution in [0.25, 0.3) is 0 Å². The lowest BCUT2D eigenvalue weighted by molar-refractivity contribution is -0.130. The minimum absolute atomic E-state index is 0.0840. The number of hydrogen-bond donors (Lipinski definition) is 2. The SMILES string of the molecule is CC(NC(=O)C1(C)CCNC1)C(C)(C)c1ccccc1. The fourth-order valence-corrected chi connectivity index (χ4v) is 2.68. The second kappa shape index (κ2) is 5.57. The lowest BCUT2D eigenvalue weighted by Crippen LogP contribution is -2.50. The Morgan fingerprint density at radius 2 is 2.00 bits per heavy atom. The molecular weight excluding hydrogens is 248 g/mol. The normalized spacial score (nSPS) is 24.4. The van der Waals surface area contributed by atoms with Gasteiger partial charge in [-0.05, 0) is 32.4 Å². The fourth-order valence-electron chi connectivity index (χ4n) is 2.68. The molecule has 1 heterocycles. The highest BCUT2D eigenvalue weighted by atomic mass is 16.2. The van der Waals surface area contributed by atoms with E-state index in [1.54, 1.807) is 0 Å². The van der Waals surface area contributed by atoms with E-state index in [2.05, 4.69) is 43.5 Å². The molecule has 1 aromatic rings. The molecule has 1 aromatic carbocycles. The molecule has 110 valence electrons. The summed E-state index contributed by atoms with van der Waals surface area (Å²) in [6.45, 7) is 10.2. The molecule has 2 rings (SSSR count). The highest BCUT2D eigenvalue weighted by molar-refractivity contribution is 5.83. The third-order valence-corrected chi connectivity index (χ3v) is 4.86. The van der Waals surface area contributed by atoms with Crippen LogP contribution in [0.4, 0.5) is 0 Å². The van der Waals surface area contributed by atoms with Crippen molar-refractivity contribution in [3.05, 3.63) is 35.9 Å². The molecule has 0 aromatic heterocycles. The maximum atomic E-state index is 12.5. The maximum absolute atomic E-state index is 12.5. The number of hydrogen-bond acceptors (Lipinski definition) is 2. The number of rotatable bonds is 4. The van der Waals surface area contributed by atoms with Crippen LogP contribution in [0, 0.1) is 5.41 Å². The molecule has 0 bridgehead atoms. The Hall–Kier alpha value is -1.35. The van der Waals surface area contributed by atoms with Crippen LogP contribution in [-0.2, 0) is 10.2 Å². The Balaban J connectivity index is 2.07. The quantitative estimate of drug-likeness (QED) is 0.885. The van der Waals surface area contributed by atoms with Crippen LogP contribution >= 0.6 is 0 Å². The lowest BCUT2D eigenvalue weighted by atomic mass is 9.77. The van der Waals surface area contributed by atoms with E-state index in [4.69, 9.17) is 0 Å². The summed E-state index contributed by atoms with van der Waals surface area (Å²) >= 11 is 0. The van der Waals surface area contributed by atoms with Gasteiger partial charge < -0.3 is 10.6 Å². The van der Waals surface area contributed by atoms with Crippen molar-refractivity contribution in [1.82, 2.24) is 10.6 Å². The van der Waals surface area contributed by atoms with Gasteiger partial charge in [-0.25, -0.2) is 0 Å². The second-order valence-electron chi connectivity index (χ2n) is 6.77. The van der Waals surface area contributed by atoms with E-state index in [1.165, 1.54) is 5.56 Å². The van der Waals surface area contributed by atoms with Crippen LogP contribution in [-0.4, -0.2) is 25.0 Å². The first-order valence-corrected chi connectivity index (χ1v) is 7.43. The van der Waals surface area contributed by atoms with Gasteiger partial charge in [-0.1, -0.05) is 44.2 Å². The summed E-state index contributed by atoms with van der Waals surface area (Å²) in [6, 6.07) is 10.5. The highest BCUT2D eigenvalue weighted by Gasteiger charge is 2.39. The van der Waals surface area contributed by atoms with Crippen molar-refractivity contribution in [2.24, 2.45) is 5.41 Å². The molecule has 1 aliphatic heterocycles. The average molecular weight is 274 g/mol. The van der Waals surface area contributed by atoms with E-state index in [1.807, 2.05) is 25.1 Å². The zero-order valence-electron chi connectivity index (χ0n) is 13.0. The monoisotopic (exact) mass is 274 g/mol. The van der Waals surface area contributed by atoms with Crippen molar-refractivity contribution >= 4 is 5.91 Å². The van der Waals surface area contributed by atoms with Crippen molar-refractivity contribution in [3.63, 3.8) is 0 Å². The molecule has 0 aliphatic carbocycles. The van der Waals surface area contributed by atoms with Crippen LogP contribution in [0.15, 0.2) is 30.3 Å². The Kier molecular flexibility index (Phi) is 4.19. The van der Waals surface area contributed by atoms with Gasteiger partial charge in [0, 0.05) is 18.0 Å². The van der Waals surface area contributed by atoms with Crippen molar-refractivity contribution in [2.45, 2.75) is 45.6 Å². The summed E-state index contributed by atoms with van der Waals surface area (Å²) in [5.74, 6) is 0.166. The fraction of sp³-hybridized carbons (Fsp3) is 0.588. The number of nitrogens with one attached hydrogen (secondary N) is 2. The molecule has 20 heavy (non-hydrogen) atoms. The first-order chi connectivity index (χ1) is 9.36. The van der Waals surface area contributed by atoms with Crippen LogP contribution < -0.4 is 10.6 Å². The van der Waals surface area contributed by atoms with Crippen LogP contribution in [0.1, 0.15) is 39.7 Å². The molecule has 2 N–H and O–H groups in total. The van der Waals surface area contributed by atoms with E-state index in [0.717, 1.165) is 19.5 Å². The molecule has 2 unspecified atom stereocenters. The number of amides is 1. The predicted molar refractivity (Wildman–Crippen MR) is 82.7 cm³/mol. The summed E-state index contributed by atoms with van der Waals surface area (Å²) in [7, 11) is 0. The number of benzene rings is 1. The van der Waals surface area contributed by atoms with Crippen molar-refractivity contribution in [3.8, 4) is 0 Å². The van der Waals surface area contributed by atoms with Gasteiger partial charge in [0.15, 0.2) is 0 Å². The predicted octanol–water partition coefficient (Wildman–Crippen LogP) is 2.47. The summed E-state index contributed by atoms with van der Waals surface area (Å²) in [5.41, 5.74) is 0.905. The van der Waals surface area contributed by atoms with Gasteiger partial charge in [0.25, 0.3) is 0 Å². The minimum atomic E-state index is -0.263. The zero-order chi connectivity index (χ0) is 14.8. The van der Waals surface area contributed by atoms with Gasteiger partial charge in [0.05, 0.1) is 5.41 Å². The minimum Gasteiger partial charge on any atom is -0.352 e. The average Bonchev–Trinajstić information content (AvgIpc) is 2.88.